The summed E-state index contributed by atoms with van der Waals surface area (Å²) in [5, 5.41) is 0.481. The lowest BCUT2D eigenvalue weighted by Crippen LogP contribution is -2.26. The van der Waals surface area contributed by atoms with E-state index in [-0.39, 0.29) is 28.6 Å². The molecule has 2 aromatic carbocycles. The Hall–Kier alpha value is -2.11. The van der Waals surface area contributed by atoms with Crippen molar-refractivity contribution in [3.05, 3.63) is 65.8 Å². The molecule has 0 unspecified atom stereocenters. The molecule has 4 nitrogen and oxygen atoms in total. The summed E-state index contributed by atoms with van der Waals surface area (Å²) in [4.78, 5) is 5.12. The highest BCUT2D eigenvalue weighted by atomic mass is 32.2. The quantitative estimate of drug-likeness (QED) is 0.699. The number of nitrogens with one attached hydrogen (secondary N) is 1. The topological polar surface area (TPSA) is 53.2 Å². The van der Waals surface area contributed by atoms with Gasteiger partial charge in [0.1, 0.15) is 0 Å². The van der Waals surface area contributed by atoms with E-state index in [1.807, 2.05) is 0 Å². The molecule has 3 aromatic rings. The van der Waals surface area contributed by atoms with Crippen molar-refractivity contribution in [2.45, 2.75) is 36.6 Å². The molecule has 1 saturated heterocycles. The number of aromatic amines is 1. The van der Waals surface area contributed by atoms with Crippen LogP contribution in [-0.4, -0.2) is 43.6 Å². The van der Waals surface area contributed by atoms with E-state index < -0.39 is 22.0 Å². The summed E-state index contributed by atoms with van der Waals surface area (Å²) in [6.07, 6.45) is 3.89. The second-order valence-corrected chi connectivity index (χ2v) is 8.80. The molecule has 0 radical (unpaired) electrons. The molecule has 0 spiro atoms. The van der Waals surface area contributed by atoms with Gasteiger partial charge in [-0.3, -0.25) is 0 Å². The van der Waals surface area contributed by atoms with Gasteiger partial charge < -0.3 is 9.88 Å². The van der Waals surface area contributed by atoms with Crippen LogP contribution in [0, 0.1) is 0 Å². The van der Waals surface area contributed by atoms with Gasteiger partial charge in [0.15, 0.2) is 9.84 Å². The first-order valence-corrected chi connectivity index (χ1v) is 10.6. The molecule has 0 amide bonds. The number of aromatic nitrogens is 1. The van der Waals surface area contributed by atoms with E-state index in [0.717, 1.165) is 24.9 Å². The van der Waals surface area contributed by atoms with E-state index >= 15 is 0 Å². The predicted octanol–water partition coefficient (Wildman–Crippen LogP) is 3.82. The van der Waals surface area contributed by atoms with Crippen LogP contribution in [0.3, 0.4) is 0 Å². The zero-order valence-electron chi connectivity index (χ0n) is 20.2. The highest BCUT2D eigenvalue weighted by Gasteiger charge is 2.22. The normalized spacial score (nSPS) is 21.5. The SMILES string of the molecule is [2H]c1c(CC([2H])([2H])S(=O)(=O)c2ccccc2)c([2H])c2c(C[C@H]3CCCN3C)c[nH]c2c1[2H]. The van der Waals surface area contributed by atoms with E-state index in [9.17, 15) is 8.42 Å². The second kappa shape index (κ2) is 7.49. The van der Waals surface area contributed by atoms with Crippen LogP contribution in [0.25, 0.3) is 10.9 Å². The largest absolute Gasteiger partial charge is 0.361 e. The lowest BCUT2D eigenvalue weighted by Gasteiger charge is -2.18. The molecule has 4 rings (SSSR count). The van der Waals surface area contributed by atoms with Gasteiger partial charge in [-0.25, -0.2) is 8.42 Å². The first-order chi connectivity index (χ1) is 15.0. The Morgan fingerprint density at radius 1 is 1.30 bits per heavy atom. The fourth-order valence-corrected chi connectivity index (χ4v) is 4.63. The van der Waals surface area contributed by atoms with Gasteiger partial charge in [0.25, 0.3) is 0 Å². The van der Waals surface area contributed by atoms with Crippen LogP contribution < -0.4 is 0 Å². The number of likely N-dealkylation sites (N-methyl/N-ethyl adjacent to an activating group) is 1. The van der Waals surface area contributed by atoms with Crippen molar-refractivity contribution in [1.82, 2.24) is 9.88 Å². The average molecular weight is 388 g/mol. The Kier molecular flexibility index (Phi) is 3.64. The summed E-state index contributed by atoms with van der Waals surface area (Å²) >= 11 is 0. The van der Waals surface area contributed by atoms with Crippen molar-refractivity contribution in [2.75, 3.05) is 19.3 Å². The maximum atomic E-state index is 13.0. The molecule has 1 aromatic heterocycles. The smallest absolute Gasteiger partial charge is 0.178 e. The molecule has 5 heteroatoms. The van der Waals surface area contributed by atoms with Crippen LogP contribution in [0.2, 0.25) is 0 Å². The van der Waals surface area contributed by atoms with Crippen molar-refractivity contribution < 1.29 is 15.3 Å². The van der Waals surface area contributed by atoms with Gasteiger partial charge in [-0.2, -0.15) is 0 Å². The summed E-state index contributed by atoms with van der Waals surface area (Å²) < 4.78 is 68.1. The monoisotopic (exact) mass is 387 g/mol. The summed E-state index contributed by atoms with van der Waals surface area (Å²) in [6.45, 7) is 1.00. The number of sulfone groups is 1. The number of likely N-dealkylation sites (tertiary alicyclic amines) is 1. The predicted molar refractivity (Wildman–Crippen MR) is 110 cm³/mol. The van der Waals surface area contributed by atoms with Crippen molar-refractivity contribution in [2.24, 2.45) is 0 Å². The van der Waals surface area contributed by atoms with E-state index in [4.69, 9.17) is 6.85 Å². The number of nitrogens with zero attached hydrogens (tertiary/aromatic N) is 1. The van der Waals surface area contributed by atoms with E-state index in [0.29, 0.717) is 23.4 Å². The van der Waals surface area contributed by atoms with Gasteiger partial charge in [0.05, 0.1) is 14.7 Å². The van der Waals surface area contributed by atoms with Crippen molar-refractivity contribution in [3.63, 3.8) is 0 Å². The molecule has 1 fully saturated rings. The van der Waals surface area contributed by atoms with E-state index in [1.54, 1.807) is 12.3 Å². The Morgan fingerprint density at radius 3 is 2.85 bits per heavy atom. The Bertz CT molecular complexity index is 1260. The van der Waals surface area contributed by atoms with Gasteiger partial charge in [-0.1, -0.05) is 24.2 Å². The zero-order valence-corrected chi connectivity index (χ0v) is 16.1. The maximum Gasteiger partial charge on any atom is 0.178 e. The van der Waals surface area contributed by atoms with Gasteiger partial charge in [-0.05, 0) is 74.6 Å². The molecule has 0 aliphatic carbocycles. The van der Waals surface area contributed by atoms with Crippen LogP contribution in [0.15, 0.2) is 59.6 Å². The van der Waals surface area contributed by atoms with Crippen LogP contribution in [0.5, 0.6) is 0 Å². The van der Waals surface area contributed by atoms with Crippen LogP contribution in [0.1, 0.15) is 30.8 Å². The molecular weight excluding hydrogens is 356 g/mol. The number of hydrogen-bond donors (Lipinski definition) is 1. The fraction of sp³-hybridized carbons (Fsp3) is 0.364. The summed E-state index contributed by atoms with van der Waals surface area (Å²) in [5.41, 5.74) is -1.59. The molecule has 0 bridgehead atoms. The van der Waals surface area contributed by atoms with Gasteiger partial charge in [0, 0.05) is 25.9 Å². The van der Waals surface area contributed by atoms with Crippen LogP contribution >= 0.6 is 0 Å². The molecule has 27 heavy (non-hydrogen) atoms. The highest BCUT2D eigenvalue weighted by Crippen LogP contribution is 2.26. The summed E-state index contributed by atoms with van der Waals surface area (Å²) in [6, 6.07) is 7.12. The summed E-state index contributed by atoms with van der Waals surface area (Å²) in [5.74, 6) is 0. The Labute approximate surface area is 168 Å². The van der Waals surface area contributed by atoms with Gasteiger partial charge in [-0.15, -0.1) is 0 Å². The number of fused-ring (bicyclic) bond motifs is 1. The minimum Gasteiger partial charge on any atom is -0.361 e. The standard InChI is InChI=1S/C22H26N2O2S/c1-24-12-5-6-19(24)15-18-16-23-22-10-9-17(14-21(18)22)11-13-27(25,26)20-7-3-2-4-8-20/h2-4,7-10,14,16,19,23H,5-6,11-13,15H2,1H3/t19-/m1/s1/i9D,10D,13D2,14D. The first-order valence-electron chi connectivity index (χ1n) is 11.6. The molecule has 1 N–H and O–H groups in total. The zero-order chi connectivity index (χ0) is 23.3. The minimum absolute atomic E-state index is 0.0624. The van der Waals surface area contributed by atoms with Crippen LogP contribution in [0.4, 0.5) is 0 Å². The third kappa shape index (κ3) is 3.94. The van der Waals surface area contributed by atoms with Gasteiger partial charge in [0.2, 0.25) is 0 Å². The molecule has 1 aliphatic heterocycles. The van der Waals surface area contributed by atoms with E-state index in [2.05, 4.69) is 16.9 Å². The summed E-state index contributed by atoms with van der Waals surface area (Å²) in [7, 11) is -2.31. The first kappa shape index (κ1) is 13.1. The average Bonchev–Trinajstić information content (AvgIpc) is 3.37. The van der Waals surface area contributed by atoms with Crippen molar-refractivity contribution in [3.8, 4) is 0 Å². The molecule has 0 saturated carbocycles. The lowest BCUT2D eigenvalue weighted by molar-refractivity contribution is 0.310. The fourth-order valence-electron chi connectivity index (χ4n) is 3.62. The third-order valence-electron chi connectivity index (χ3n) is 5.20. The maximum absolute atomic E-state index is 13.0. The third-order valence-corrected chi connectivity index (χ3v) is 6.61. The minimum atomic E-state index is -4.37. The number of benzene rings is 2. The van der Waals surface area contributed by atoms with Gasteiger partial charge >= 0.3 is 0 Å². The van der Waals surface area contributed by atoms with E-state index in [1.165, 1.54) is 24.3 Å². The number of hydrogen-bond acceptors (Lipinski definition) is 3. The second-order valence-electron chi connectivity index (χ2n) is 7.04. The molecule has 1 aliphatic rings. The lowest BCUT2D eigenvalue weighted by atomic mass is 10.0. The highest BCUT2D eigenvalue weighted by molar-refractivity contribution is 7.91. The Morgan fingerprint density at radius 2 is 2.11 bits per heavy atom. The van der Waals surface area contributed by atoms with Crippen molar-refractivity contribution >= 4 is 20.7 Å². The van der Waals surface area contributed by atoms with Crippen molar-refractivity contribution in [1.29, 1.82) is 0 Å². The number of H-pyrrole nitrogens is 1. The molecular formula is C22H26N2O2S. The molecule has 142 valence electrons. The molecule has 2 heterocycles. The molecule has 1 atom stereocenters. The Balaban J connectivity index is 1.78. The van der Waals surface area contributed by atoms with Crippen LogP contribution in [-0.2, 0) is 22.7 Å². The number of rotatable bonds is 6.